The first-order chi connectivity index (χ1) is 14.3. The third-order valence-electron chi connectivity index (χ3n) is 4.60. The van der Waals surface area contributed by atoms with E-state index >= 15 is 0 Å². The first-order valence-corrected chi connectivity index (χ1v) is 10.8. The highest BCUT2D eigenvalue weighted by Crippen LogP contribution is 2.42. The molecular weight excluding hydrogens is 433 g/mol. The number of nitrogens with one attached hydrogen (secondary N) is 1. The number of carbonyl (C=O) groups excluding carboxylic acids is 1. The summed E-state index contributed by atoms with van der Waals surface area (Å²) < 4.78 is 43.9. The summed E-state index contributed by atoms with van der Waals surface area (Å²) in [6, 6.07) is 14.0. The third-order valence-corrected chi connectivity index (χ3v) is 6.28. The molecule has 0 radical (unpaired) electrons. The van der Waals surface area contributed by atoms with Crippen molar-refractivity contribution in [2.75, 3.05) is 12.4 Å². The molecule has 0 spiro atoms. The summed E-state index contributed by atoms with van der Waals surface area (Å²) >= 11 is 7.01. The van der Waals surface area contributed by atoms with Crippen molar-refractivity contribution in [3.05, 3.63) is 71.3 Å². The number of nitrogens with zero attached hydrogens (tertiary/aromatic N) is 1. The van der Waals surface area contributed by atoms with E-state index in [1.807, 2.05) is 30.3 Å². The number of carbonyl (C=O) groups is 1. The van der Waals surface area contributed by atoms with E-state index in [1.54, 1.807) is 11.8 Å². The van der Waals surface area contributed by atoms with E-state index in [4.69, 9.17) is 17.0 Å². The van der Waals surface area contributed by atoms with Gasteiger partial charge in [-0.1, -0.05) is 42.5 Å². The number of thiocarbonyl (C=S) groups is 1. The van der Waals surface area contributed by atoms with Crippen LogP contribution in [0.3, 0.4) is 0 Å². The van der Waals surface area contributed by atoms with Crippen LogP contribution in [-0.2, 0) is 22.3 Å². The van der Waals surface area contributed by atoms with Crippen molar-refractivity contribution < 1.29 is 22.7 Å². The molecule has 160 valence electrons. The number of hydrogen-bond acceptors (Lipinski definition) is 4. The number of hydrogen-bond donors (Lipinski definition) is 1. The molecule has 9 heteroatoms. The number of rotatable bonds is 5. The molecule has 0 unspecified atom stereocenters. The first kappa shape index (κ1) is 22.4. The maximum absolute atomic E-state index is 12.9. The van der Waals surface area contributed by atoms with Crippen LogP contribution in [0.5, 0.6) is 0 Å². The molecule has 0 amide bonds. The molecule has 1 aliphatic rings. The van der Waals surface area contributed by atoms with Crippen molar-refractivity contribution in [2.24, 2.45) is 0 Å². The highest BCUT2D eigenvalue weighted by molar-refractivity contribution is 7.99. The normalized spacial score (nSPS) is 18.9. The fourth-order valence-corrected chi connectivity index (χ4v) is 4.93. The molecule has 0 saturated carbocycles. The lowest BCUT2D eigenvalue weighted by atomic mass is 10.1. The molecule has 0 bridgehead atoms. The Morgan fingerprint density at radius 1 is 1.20 bits per heavy atom. The topological polar surface area (TPSA) is 41.6 Å². The Kier molecular flexibility index (Phi) is 7.25. The monoisotopic (exact) mass is 454 g/mol. The van der Waals surface area contributed by atoms with Crippen molar-refractivity contribution in [1.29, 1.82) is 0 Å². The SMILES string of the molecule is CCOC(=O)[C@@H]1CS[C@H](c2ccc(C(F)(F)F)cc2)N1C(=S)NCc1ccccc1. The van der Waals surface area contributed by atoms with Gasteiger partial charge < -0.3 is 15.0 Å². The lowest BCUT2D eigenvalue weighted by Gasteiger charge is -2.31. The van der Waals surface area contributed by atoms with Gasteiger partial charge in [-0.15, -0.1) is 11.8 Å². The fraction of sp³-hybridized carbons (Fsp3) is 0.333. The van der Waals surface area contributed by atoms with Gasteiger partial charge in [0.25, 0.3) is 0 Å². The molecular formula is C21H21F3N2O2S2. The summed E-state index contributed by atoms with van der Waals surface area (Å²) in [5.74, 6) is 0.0285. The molecule has 4 nitrogen and oxygen atoms in total. The van der Waals surface area contributed by atoms with E-state index in [0.29, 0.717) is 23.0 Å². The third kappa shape index (κ3) is 5.26. The number of esters is 1. The minimum atomic E-state index is -4.40. The van der Waals surface area contributed by atoms with Crippen molar-refractivity contribution in [2.45, 2.75) is 31.1 Å². The van der Waals surface area contributed by atoms with Gasteiger partial charge in [0, 0.05) is 12.3 Å². The van der Waals surface area contributed by atoms with E-state index in [-0.39, 0.29) is 6.61 Å². The van der Waals surface area contributed by atoms with Gasteiger partial charge in [0.2, 0.25) is 0 Å². The number of thioether (sulfide) groups is 1. The predicted molar refractivity (Wildman–Crippen MR) is 115 cm³/mol. The van der Waals surface area contributed by atoms with Gasteiger partial charge in [0.1, 0.15) is 11.4 Å². The van der Waals surface area contributed by atoms with Gasteiger partial charge in [-0.3, -0.25) is 0 Å². The van der Waals surface area contributed by atoms with Crippen molar-refractivity contribution in [3.8, 4) is 0 Å². The number of ether oxygens (including phenoxy) is 1. The van der Waals surface area contributed by atoms with Crippen LogP contribution in [0.15, 0.2) is 54.6 Å². The Hall–Kier alpha value is -2.26. The Morgan fingerprint density at radius 3 is 2.47 bits per heavy atom. The van der Waals surface area contributed by atoms with Crippen LogP contribution in [-0.4, -0.2) is 34.4 Å². The van der Waals surface area contributed by atoms with E-state index < -0.39 is 29.1 Å². The van der Waals surface area contributed by atoms with Crippen molar-refractivity contribution in [3.63, 3.8) is 0 Å². The Labute approximate surface area is 182 Å². The van der Waals surface area contributed by atoms with E-state index in [9.17, 15) is 18.0 Å². The van der Waals surface area contributed by atoms with Crippen molar-refractivity contribution in [1.82, 2.24) is 10.2 Å². The first-order valence-electron chi connectivity index (χ1n) is 9.36. The Morgan fingerprint density at radius 2 is 1.87 bits per heavy atom. The molecule has 0 aliphatic carbocycles. The smallest absolute Gasteiger partial charge is 0.416 e. The molecule has 2 atom stereocenters. The second-order valence-electron chi connectivity index (χ2n) is 6.62. The van der Waals surface area contributed by atoms with E-state index in [0.717, 1.165) is 17.7 Å². The molecule has 1 fully saturated rings. The van der Waals surface area contributed by atoms with E-state index in [2.05, 4.69) is 5.32 Å². The van der Waals surface area contributed by atoms with Crippen LogP contribution in [0.25, 0.3) is 0 Å². The van der Waals surface area contributed by atoms with Crippen LogP contribution in [0.4, 0.5) is 13.2 Å². The number of alkyl halides is 3. The maximum atomic E-state index is 12.9. The summed E-state index contributed by atoms with van der Waals surface area (Å²) in [6.45, 7) is 2.43. The second kappa shape index (κ2) is 9.70. The molecule has 3 rings (SSSR count). The zero-order valence-electron chi connectivity index (χ0n) is 16.2. The number of benzene rings is 2. The van der Waals surface area contributed by atoms with Gasteiger partial charge >= 0.3 is 12.1 Å². The van der Waals surface area contributed by atoms with Gasteiger partial charge in [0.15, 0.2) is 5.11 Å². The average molecular weight is 455 g/mol. The quantitative estimate of drug-likeness (QED) is 0.519. The lowest BCUT2D eigenvalue weighted by molar-refractivity contribution is -0.147. The van der Waals surface area contributed by atoms with Crippen LogP contribution in [0, 0.1) is 0 Å². The predicted octanol–water partition coefficient (Wildman–Crippen LogP) is 4.76. The highest BCUT2D eigenvalue weighted by Gasteiger charge is 2.42. The molecule has 2 aromatic rings. The fourth-order valence-electron chi connectivity index (χ4n) is 3.13. The molecule has 2 aromatic carbocycles. The van der Waals surface area contributed by atoms with Crippen LogP contribution in [0.1, 0.15) is 29.0 Å². The number of halogens is 3. The van der Waals surface area contributed by atoms with E-state index in [1.165, 1.54) is 23.9 Å². The van der Waals surface area contributed by atoms with Crippen molar-refractivity contribution >= 4 is 35.1 Å². The average Bonchev–Trinajstić information content (AvgIpc) is 3.18. The molecule has 1 heterocycles. The maximum Gasteiger partial charge on any atom is 0.416 e. The zero-order valence-corrected chi connectivity index (χ0v) is 17.8. The van der Waals surface area contributed by atoms with Crippen LogP contribution in [0.2, 0.25) is 0 Å². The van der Waals surface area contributed by atoms with Gasteiger partial charge in [-0.05, 0) is 42.4 Å². The Bertz CT molecular complexity index is 876. The molecule has 1 saturated heterocycles. The van der Waals surface area contributed by atoms with Gasteiger partial charge in [0.05, 0.1) is 12.2 Å². The van der Waals surface area contributed by atoms with Gasteiger partial charge in [-0.2, -0.15) is 13.2 Å². The van der Waals surface area contributed by atoms with Crippen LogP contribution >= 0.6 is 24.0 Å². The molecule has 1 aliphatic heterocycles. The standard InChI is InChI=1S/C21H21F3N2O2S2/c1-2-28-19(27)17-13-30-18(15-8-10-16(11-9-15)21(22,23)24)26(17)20(29)25-12-14-6-4-3-5-7-14/h3-11,17-18H,2,12-13H2,1H3,(H,25,29)/t17-,18+/m0/s1. The minimum absolute atomic E-state index is 0.239. The Balaban J connectivity index is 1.82. The minimum Gasteiger partial charge on any atom is -0.464 e. The summed E-state index contributed by atoms with van der Waals surface area (Å²) in [4.78, 5) is 14.2. The summed E-state index contributed by atoms with van der Waals surface area (Å²) in [5, 5.41) is 3.12. The summed E-state index contributed by atoms with van der Waals surface area (Å²) in [7, 11) is 0. The second-order valence-corrected chi connectivity index (χ2v) is 8.12. The van der Waals surface area contributed by atoms with Gasteiger partial charge in [-0.25, -0.2) is 4.79 Å². The summed E-state index contributed by atoms with van der Waals surface area (Å²) in [5.41, 5.74) is 0.946. The molecule has 0 aromatic heterocycles. The molecule has 1 N–H and O–H groups in total. The highest BCUT2D eigenvalue weighted by atomic mass is 32.2. The zero-order chi connectivity index (χ0) is 21.7. The largest absolute Gasteiger partial charge is 0.464 e. The summed E-state index contributed by atoms with van der Waals surface area (Å²) in [6.07, 6.45) is -4.40. The lowest BCUT2D eigenvalue weighted by Crippen LogP contribution is -2.48. The van der Waals surface area contributed by atoms with Crippen LogP contribution < -0.4 is 5.32 Å². The molecule has 30 heavy (non-hydrogen) atoms.